The van der Waals surface area contributed by atoms with Crippen molar-refractivity contribution in [1.29, 1.82) is 0 Å². The number of hydrogen-bond acceptors (Lipinski definition) is 5. The molecule has 1 aliphatic rings. The molecule has 0 saturated carbocycles. The van der Waals surface area contributed by atoms with Crippen molar-refractivity contribution in [3.63, 3.8) is 0 Å². The number of hydrogen-bond donors (Lipinski definition) is 1. The second-order valence-electron chi connectivity index (χ2n) is 3.81. The molecular weight excluding hydrogens is 210 g/mol. The van der Waals surface area contributed by atoms with Gasteiger partial charge in [0.05, 0.1) is 0 Å². The molecule has 1 saturated heterocycles. The summed E-state index contributed by atoms with van der Waals surface area (Å²) in [5.41, 5.74) is 0. The molecule has 1 N–H and O–H groups in total. The van der Waals surface area contributed by atoms with Crippen molar-refractivity contribution < 1.29 is 4.52 Å². The molecule has 0 unspecified atom stereocenters. The quantitative estimate of drug-likeness (QED) is 0.843. The zero-order valence-electron chi connectivity index (χ0n) is 9.03. The van der Waals surface area contributed by atoms with Crippen LogP contribution in [0.15, 0.2) is 4.52 Å². The molecule has 0 radical (unpaired) electrons. The first-order chi connectivity index (χ1) is 7.40. The normalized spacial score (nSPS) is 18.2. The minimum Gasteiger partial charge on any atom is -0.339 e. The van der Waals surface area contributed by atoms with Gasteiger partial charge in [-0.3, -0.25) is 0 Å². The Morgan fingerprint density at radius 1 is 1.47 bits per heavy atom. The van der Waals surface area contributed by atoms with Crippen LogP contribution in [0.3, 0.4) is 0 Å². The van der Waals surface area contributed by atoms with E-state index in [0.29, 0.717) is 5.92 Å². The summed E-state index contributed by atoms with van der Waals surface area (Å²) in [7, 11) is 0. The highest BCUT2D eigenvalue weighted by atomic mass is 32.2. The molecule has 15 heavy (non-hydrogen) atoms. The van der Waals surface area contributed by atoms with Gasteiger partial charge in [-0.15, -0.1) is 0 Å². The summed E-state index contributed by atoms with van der Waals surface area (Å²) < 4.78 is 5.23. The largest absolute Gasteiger partial charge is 0.339 e. The summed E-state index contributed by atoms with van der Waals surface area (Å²) in [5, 5.41) is 7.41. The molecule has 1 aliphatic heterocycles. The first-order valence-corrected chi connectivity index (χ1v) is 6.81. The summed E-state index contributed by atoms with van der Waals surface area (Å²) >= 11 is 1.80. The van der Waals surface area contributed by atoms with Gasteiger partial charge in [-0.05, 0) is 32.2 Å². The van der Waals surface area contributed by atoms with Crippen LogP contribution in [-0.4, -0.2) is 35.2 Å². The molecule has 0 aromatic carbocycles. The Hall–Kier alpha value is -0.550. The van der Waals surface area contributed by atoms with Gasteiger partial charge in [-0.25, -0.2) is 0 Å². The van der Waals surface area contributed by atoms with E-state index in [0.717, 1.165) is 49.8 Å². The van der Waals surface area contributed by atoms with E-state index < -0.39 is 0 Å². The van der Waals surface area contributed by atoms with E-state index in [1.54, 1.807) is 11.8 Å². The molecule has 5 heteroatoms. The summed E-state index contributed by atoms with van der Waals surface area (Å²) in [6, 6.07) is 0. The smallest absolute Gasteiger partial charge is 0.227 e. The Morgan fingerprint density at radius 2 is 2.27 bits per heavy atom. The molecule has 0 aliphatic carbocycles. The van der Waals surface area contributed by atoms with Gasteiger partial charge < -0.3 is 9.84 Å². The first kappa shape index (κ1) is 11.0. The minimum atomic E-state index is 0.498. The minimum absolute atomic E-state index is 0.498. The lowest BCUT2D eigenvalue weighted by atomic mass is 9.98. The standard InChI is InChI=1S/C10H17N3OS/c1-15-7-4-9-12-10(13-14-9)8-2-5-11-6-3-8/h8,11H,2-7H2,1H3. The van der Waals surface area contributed by atoms with Gasteiger partial charge in [-0.1, -0.05) is 5.16 Å². The predicted octanol–water partition coefficient (Wildman–Crippen LogP) is 1.44. The van der Waals surface area contributed by atoms with Crippen molar-refractivity contribution in [3.05, 3.63) is 11.7 Å². The van der Waals surface area contributed by atoms with Crippen LogP contribution in [0.2, 0.25) is 0 Å². The zero-order chi connectivity index (χ0) is 10.5. The van der Waals surface area contributed by atoms with Crippen LogP contribution < -0.4 is 5.32 Å². The second-order valence-corrected chi connectivity index (χ2v) is 4.80. The van der Waals surface area contributed by atoms with Gasteiger partial charge in [0, 0.05) is 18.1 Å². The molecule has 0 bridgehead atoms. The summed E-state index contributed by atoms with van der Waals surface area (Å²) in [6.45, 7) is 2.14. The van der Waals surface area contributed by atoms with Gasteiger partial charge in [0.15, 0.2) is 5.82 Å². The average Bonchev–Trinajstić information content (AvgIpc) is 2.76. The van der Waals surface area contributed by atoms with Gasteiger partial charge in [0.1, 0.15) is 0 Å². The number of nitrogens with zero attached hydrogens (tertiary/aromatic N) is 2. The van der Waals surface area contributed by atoms with E-state index in [1.807, 2.05) is 0 Å². The summed E-state index contributed by atoms with van der Waals surface area (Å²) in [4.78, 5) is 4.45. The Kier molecular flexibility index (Phi) is 4.02. The third kappa shape index (κ3) is 2.95. The van der Waals surface area contributed by atoms with Crippen LogP contribution in [0.4, 0.5) is 0 Å². The maximum Gasteiger partial charge on any atom is 0.227 e. The van der Waals surface area contributed by atoms with Gasteiger partial charge in [0.2, 0.25) is 5.89 Å². The fourth-order valence-electron chi connectivity index (χ4n) is 1.80. The molecule has 1 fully saturated rings. The van der Waals surface area contributed by atoms with E-state index in [9.17, 15) is 0 Å². The highest BCUT2D eigenvalue weighted by molar-refractivity contribution is 7.98. The second kappa shape index (κ2) is 5.51. The lowest BCUT2D eigenvalue weighted by Crippen LogP contribution is -2.27. The molecule has 0 atom stereocenters. The van der Waals surface area contributed by atoms with Crippen LogP contribution in [0.25, 0.3) is 0 Å². The highest BCUT2D eigenvalue weighted by Gasteiger charge is 2.20. The number of aromatic nitrogens is 2. The lowest BCUT2D eigenvalue weighted by molar-refractivity contribution is 0.363. The van der Waals surface area contributed by atoms with E-state index in [4.69, 9.17) is 4.52 Å². The number of piperidine rings is 1. The number of nitrogens with one attached hydrogen (secondary N) is 1. The van der Waals surface area contributed by atoms with Crippen LogP contribution >= 0.6 is 11.8 Å². The lowest BCUT2D eigenvalue weighted by Gasteiger charge is -2.18. The van der Waals surface area contributed by atoms with Crippen molar-refractivity contribution in [2.45, 2.75) is 25.2 Å². The maximum absolute atomic E-state index is 5.23. The monoisotopic (exact) mass is 227 g/mol. The van der Waals surface area contributed by atoms with E-state index >= 15 is 0 Å². The topological polar surface area (TPSA) is 51.0 Å². The van der Waals surface area contributed by atoms with E-state index in [-0.39, 0.29) is 0 Å². The molecule has 2 rings (SSSR count). The SMILES string of the molecule is CSCCc1nc(C2CCNCC2)no1. The third-order valence-corrected chi connectivity index (χ3v) is 3.32. The van der Waals surface area contributed by atoms with Crippen molar-refractivity contribution in [3.8, 4) is 0 Å². The molecule has 4 nitrogen and oxygen atoms in total. The van der Waals surface area contributed by atoms with E-state index in [2.05, 4.69) is 21.7 Å². The Balaban J connectivity index is 1.93. The number of thioether (sulfide) groups is 1. The Bertz CT molecular complexity index is 297. The zero-order valence-corrected chi connectivity index (χ0v) is 9.85. The number of aryl methyl sites for hydroxylation is 1. The van der Waals surface area contributed by atoms with Gasteiger partial charge >= 0.3 is 0 Å². The van der Waals surface area contributed by atoms with Crippen molar-refractivity contribution in [2.75, 3.05) is 25.1 Å². The van der Waals surface area contributed by atoms with Crippen LogP contribution in [0.5, 0.6) is 0 Å². The molecular formula is C10H17N3OS. The fourth-order valence-corrected chi connectivity index (χ4v) is 2.18. The molecule has 1 aromatic heterocycles. The van der Waals surface area contributed by atoms with Crippen molar-refractivity contribution >= 4 is 11.8 Å². The van der Waals surface area contributed by atoms with E-state index in [1.165, 1.54) is 0 Å². The highest BCUT2D eigenvalue weighted by Crippen LogP contribution is 2.22. The third-order valence-electron chi connectivity index (χ3n) is 2.71. The van der Waals surface area contributed by atoms with Crippen LogP contribution in [0.1, 0.15) is 30.5 Å². The van der Waals surface area contributed by atoms with Gasteiger partial charge in [0.25, 0.3) is 0 Å². The van der Waals surface area contributed by atoms with Gasteiger partial charge in [-0.2, -0.15) is 16.7 Å². The maximum atomic E-state index is 5.23. The molecule has 1 aromatic rings. The summed E-state index contributed by atoms with van der Waals surface area (Å²) in [5.74, 6) is 3.25. The van der Waals surface area contributed by atoms with Crippen molar-refractivity contribution in [2.24, 2.45) is 0 Å². The Labute approximate surface area is 94.2 Å². The molecule has 0 amide bonds. The van der Waals surface area contributed by atoms with Crippen LogP contribution in [-0.2, 0) is 6.42 Å². The number of rotatable bonds is 4. The fraction of sp³-hybridized carbons (Fsp3) is 0.800. The Morgan fingerprint density at radius 3 is 3.00 bits per heavy atom. The molecule has 84 valence electrons. The van der Waals surface area contributed by atoms with Crippen LogP contribution in [0, 0.1) is 0 Å². The first-order valence-electron chi connectivity index (χ1n) is 5.42. The average molecular weight is 227 g/mol. The molecule has 2 heterocycles. The predicted molar refractivity (Wildman–Crippen MR) is 61.2 cm³/mol. The summed E-state index contributed by atoms with van der Waals surface area (Å²) in [6.07, 6.45) is 5.23. The van der Waals surface area contributed by atoms with Crippen molar-refractivity contribution in [1.82, 2.24) is 15.5 Å². The molecule has 0 spiro atoms.